The molecule has 0 bridgehead atoms. The maximum atomic E-state index is 15.0. The van der Waals surface area contributed by atoms with Gasteiger partial charge in [-0.05, 0) is 45.4 Å². The van der Waals surface area contributed by atoms with E-state index in [9.17, 15) is 14.7 Å². The Morgan fingerprint density at radius 2 is 1.82 bits per heavy atom. The monoisotopic (exact) mass is 635 g/mol. The van der Waals surface area contributed by atoms with Gasteiger partial charge >= 0.3 is 6.09 Å². The molecule has 3 aromatic heterocycles. The Hall–Kier alpha value is -5.02. The fourth-order valence-corrected chi connectivity index (χ4v) is 5.12. The Kier molecular flexibility index (Phi) is 9.01. The minimum atomic E-state index is -1.09. The van der Waals surface area contributed by atoms with Crippen molar-refractivity contribution in [1.29, 1.82) is 0 Å². The number of nitrogens with one attached hydrogen (secondary N) is 2. The topological polar surface area (TPSA) is 171 Å². The summed E-state index contributed by atoms with van der Waals surface area (Å²) < 4.78 is 31.8. The van der Waals surface area contributed by atoms with Crippen LogP contribution in [0.1, 0.15) is 37.0 Å². The normalized spacial score (nSPS) is 12.2. The summed E-state index contributed by atoms with van der Waals surface area (Å²) in [7, 11) is 1.53. The number of benzene rings is 2. The third kappa shape index (κ3) is 7.74. The standard InChI is InChI=1S/C30H30FN7O6S/c1-15-6-18(25-21(7-15)37-24(42-5)12-32-25)28-38-20-8-19(31)22(9-23(20)45-28)44-16(2)13-43-29(40)36-17-10-33-26(34-11-17)27(39)35-14-30(3,4)41/h6-12,16,41H,13-14H2,1-5H3,(H,35,39)(H,36,40)/t16-/m0/s1. The van der Waals surface area contributed by atoms with E-state index in [1.54, 1.807) is 26.8 Å². The third-order valence-corrected chi connectivity index (χ3v) is 7.26. The van der Waals surface area contributed by atoms with Crippen LogP contribution in [0.3, 0.4) is 0 Å². The van der Waals surface area contributed by atoms with Gasteiger partial charge in [0.05, 0.1) is 58.2 Å². The average molecular weight is 636 g/mol. The molecule has 0 saturated carbocycles. The number of nitrogens with zero attached hydrogens (tertiary/aromatic N) is 5. The molecule has 2 aromatic carbocycles. The lowest BCUT2D eigenvalue weighted by Gasteiger charge is -2.17. The second-order valence-corrected chi connectivity index (χ2v) is 11.8. The third-order valence-electron chi connectivity index (χ3n) is 6.21. The number of anilines is 1. The van der Waals surface area contributed by atoms with Gasteiger partial charge < -0.3 is 24.6 Å². The first-order chi connectivity index (χ1) is 21.4. The number of fused-ring (bicyclic) bond motifs is 2. The van der Waals surface area contributed by atoms with E-state index < -0.39 is 29.5 Å². The zero-order chi connectivity index (χ0) is 32.3. The number of hydrogen-bond acceptors (Lipinski definition) is 12. The van der Waals surface area contributed by atoms with Crippen LogP contribution in [0.15, 0.2) is 42.9 Å². The second-order valence-electron chi connectivity index (χ2n) is 10.8. The van der Waals surface area contributed by atoms with Crippen LogP contribution in [-0.2, 0) is 4.74 Å². The molecule has 0 spiro atoms. The van der Waals surface area contributed by atoms with Crippen molar-refractivity contribution >= 4 is 50.3 Å². The molecule has 1 atom stereocenters. The highest BCUT2D eigenvalue weighted by molar-refractivity contribution is 7.21. The van der Waals surface area contributed by atoms with Crippen LogP contribution in [-0.4, -0.2) is 74.0 Å². The van der Waals surface area contributed by atoms with Crippen LogP contribution < -0.4 is 20.1 Å². The number of hydrogen-bond donors (Lipinski definition) is 3. The highest BCUT2D eigenvalue weighted by atomic mass is 32.1. The lowest BCUT2D eigenvalue weighted by Crippen LogP contribution is -2.38. The van der Waals surface area contributed by atoms with Crippen LogP contribution in [0.25, 0.3) is 31.8 Å². The molecule has 15 heteroatoms. The van der Waals surface area contributed by atoms with E-state index >= 15 is 4.39 Å². The summed E-state index contributed by atoms with van der Waals surface area (Å²) in [6.45, 7) is 6.50. The van der Waals surface area contributed by atoms with E-state index in [4.69, 9.17) is 14.2 Å². The van der Waals surface area contributed by atoms with Crippen molar-refractivity contribution in [3.8, 4) is 22.2 Å². The van der Waals surface area contributed by atoms with Gasteiger partial charge in [-0.25, -0.2) is 34.1 Å². The molecule has 3 heterocycles. The predicted molar refractivity (Wildman–Crippen MR) is 165 cm³/mol. The van der Waals surface area contributed by atoms with Gasteiger partial charge in [-0.15, -0.1) is 11.3 Å². The fraction of sp³-hybridized carbons (Fsp3) is 0.300. The van der Waals surface area contributed by atoms with Gasteiger partial charge in [0, 0.05) is 24.2 Å². The van der Waals surface area contributed by atoms with Gasteiger partial charge in [-0.1, -0.05) is 0 Å². The highest BCUT2D eigenvalue weighted by Gasteiger charge is 2.19. The number of ether oxygens (including phenoxy) is 3. The number of carbonyl (C=O) groups is 2. The molecule has 5 rings (SSSR count). The predicted octanol–water partition coefficient (Wildman–Crippen LogP) is 4.67. The van der Waals surface area contributed by atoms with Crippen molar-refractivity contribution in [2.75, 3.05) is 25.6 Å². The number of aryl methyl sites for hydroxylation is 1. The first-order valence-corrected chi connectivity index (χ1v) is 14.5. The summed E-state index contributed by atoms with van der Waals surface area (Å²) in [5.41, 5.74) is 2.60. The van der Waals surface area contributed by atoms with Gasteiger partial charge in [-0.3, -0.25) is 10.1 Å². The van der Waals surface area contributed by atoms with Crippen LogP contribution in [0.5, 0.6) is 11.6 Å². The number of aliphatic hydroxyl groups is 1. The molecular formula is C30H30FN7O6S. The van der Waals surface area contributed by atoms with Crippen LogP contribution in [0.2, 0.25) is 0 Å². The largest absolute Gasteiger partial charge is 0.484 e. The van der Waals surface area contributed by atoms with Gasteiger partial charge in [-0.2, -0.15) is 0 Å². The Balaban J connectivity index is 1.20. The average Bonchev–Trinajstić information content (AvgIpc) is 3.40. The molecule has 0 aliphatic heterocycles. The van der Waals surface area contributed by atoms with E-state index in [1.807, 2.05) is 19.1 Å². The molecule has 3 N–H and O–H groups in total. The lowest BCUT2D eigenvalue weighted by molar-refractivity contribution is 0.0689. The minimum Gasteiger partial charge on any atom is -0.484 e. The molecule has 0 aliphatic rings. The van der Waals surface area contributed by atoms with Crippen molar-refractivity contribution in [1.82, 2.24) is 30.2 Å². The lowest BCUT2D eigenvalue weighted by atomic mass is 10.1. The number of carbonyl (C=O) groups excluding carboxylic acids is 2. The summed E-state index contributed by atoms with van der Waals surface area (Å²) in [6, 6.07) is 6.72. The number of rotatable bonds is 10. The molecular weight excluding hydrogens is 605 g/mol. The molecule has 0 saturated heterocycles. The molecule has 234 valence electrons. The first-order valence-electron chi connectivity index (χ1n) is 13.7. The zero-order valence-corrected chi connectivity index (χ0v) is 25.9. The Labute approximate surface area is 260 Å². The van der Waals surface area contributed by atoms with Gasteiger partial charge in [0.2, 0.25) is 11.7 Å². The Morgan fingerprint density at radius 3 is 2.53 bits per heavy atom. The fourth-order valence-electron chi connectivity index (χ4n) is 4.13. The molecule has 13 nitrogen and oxygen atoms in total. The van der Waals surface area contributed by atoms with Gasteiger partial charge in [0.15, 0.2) is 11.6 Å². The number of aromatic nitrogens is 5. The van der Waals surface area contributed by atoms with Crippen LogP contribution >= 0.6 is 11.3 Å². The maximum absolute atomic E-state index is 15.0. The molecule has 5 aromatic rings. The maximum Gasteiger partial charge on any atom is 0.411 e. The smallest absolute Gasteiger partial charge is 0.411 e. The summed E-state index contributed by atoms with van der Waals surface area (Å²) in [4.78, 5) is 45.8. The van der Waals surface area contributed by atoms with E-state index in [0.717, 1.165) is 11.1 Å². The van der Waals surface area contributed by atoms with Gasteiger partial charge in [0.25, 0.3) is 5.91 Å². The van der Waals surface area contributed by atoms with Crippen LogP contribution in [0, 0.1) is 12.7 Å². The van der Waals surface area contributed by atoms with Crippen molar-refractivity contribution < 1.29 is 33.3 Å². The summed E-state index contributed by atoms with van der Waals surface area (Å²) in [5.74, 6) is -0.931. The van der Waals surface area contributed by atoms with E-state index in [1.165, 1.54) is 43.1 Å². The number of thiazole rings is 1. The molecule has 0 radical (unpaired) electrons. The van der Waals surface area contributed by atoms with E-state index in [-0.39, 0.29) is 30.4 Å². The van der Waals surface area contributed by atoms with Crippen molar-refractivity contribution in [3.05, 3.63) is 60.1 Å². The number of methoxy groups -OCH3 is 1. The highest BCUT2D eigenvalue weighted by Crippen LogP contribution is 2.37. The summed E-state index contributed by atoms with van der Waals surface area (Å²) in [5, 5.41) is 15.3. The van der Waals surface area contributed by atoms with E-state index in [0.29, 0.717) is 32.1 Å². The van der Waals surface area contributed by atoms with Gasteiger partial charge in [0.1, 0.15) is 17.7 Å². The quantitative estimate of drug-likeness (QED) is 0.195. The molecule has 0 fully saturated rings. The Morgan fingerprint density at radius 1 is 1.07 bits per heavy atom. The van der Waals surface area contributed by atoms with Crippen molar-refractivity contribution in [2.45, 2.75) is 39.4 Å². The second kappa shape index (κ2) is 12.9. The molecule has 2 amide bonds. The van der Waals surface area contributed by atoms with Crippen molar-refractivity contribution in [2.24, 2.45) is 0 Å². The molecule has 0 unspecified atom stereocenters. The number of halogens is 1. The summed E-state index contributed by atoms with van der Waals surface area (Å²) in [6.07, 6.45) is 2.51. The van der Waals surface area contributed by atoms with E-state index in [2.05, 4.69) is 35.6 Å². The number of amides is 2. The van der Waals surface area contributed by atoms with Crippen LogP contribution in [0.4, 0.5) is 14.9 Å². The van der Waals surface area contributed by atoms with Crippen molar-refractivity contribution in [3.63, 3.8) is 0 Å². The summed E-state index contributed by atoms with van der Waals surface area (Å²) >= 11 is 1.36. The minimum absolute atomic E-state index is 0.0142. The molecule has 0 aliphatic carbocycles. The SMILES string of the molecule is COc1cnc2c(-c3nc4cc(F)c(O[C@@H](C)COC(=O)Nc5cnc(C(=O)NCC(C)(C)O)nc5)cc4s3)cc(C)cc2n1. The first kappa shape index (κ1) is 31.4. The zero-order valence-electron chi connectivity index (χ0n) is 25.0. The molecule has 45 heavy (non-hydrogen) atoms. The Bertz CT molecular complexity index is 1880.